The highest BCUT2D eigenvalue weighted by molar-refractivity contribution is 6.30. The standard InChI is InChI=1S/C15H14ClFN2O/c1-15(14(18)20,10-3-2-4-11(16)9-10)19-13-7-5-12(17)6-8-13/h2-9,19H,1H3,(H2,18,20). The Labute approximate surface area is 121 Å². The molecule has 0 aliphatic heterocycles. The van der Waals surface area contributed by atoms with Crippen molar-refractivity contribution in [3.63, 3.8) is 0 Å². The molecule has 2 aromatic carbocycles. The van der Waals surface area contributed by atoms with Gasteiger partial charge in [-0.1, -0.05) is 23.7 Å². The van der Waals surface area contributed by atoms with Crippen LogP contribution in [0.4, 0.5) is 10.1 Å². The number of benzene rings is 2. The molecule has 0 bridgehead atoms. The van der Waals surface area contributed by atoms with Crippen LogP contribution in [0.15, 0.2) is 48.5 Å². The molecular weight excluding hydrogens is 279 g/mol. The summed E-state index contributed by atoms with van der Waals surface area (Å²) in [5, 5.41) is 3.54. The fourth-order valence-corrected chi connectivity index (χ4v) is 2.09. The van der Waals surface area contributed by atoms with Crippen LogP contribution in [0.1, 0.15) is 12.5 Å². The van der Waals surface area contributed by atoms with Crippen molar-refractivity contribution in [1.82, 2.24) is 0 Å². The van der Waals surface area contributed by atoms with Crippen molar-refractivity contribution in [1.29, 1.82) is 0 Å². The lowest BCUT2D eigenvalue weighted by atomic mass is 9.91. The highest BCUT2D eigenvalue weighted by Crippen LogP contribution is 2.28. The first-order valence-corrected chi connectivity index (χ1v) is 6.39. The van der Waals surface area contributed by atoms with Crippen molar-refractivity contribution in [2.24, 2.45) is 5.73 Å². The quantitative estimate of drug-likeness (QED) is 0.908. The number of carbonyl (C=O) groups excluding carboxylic acids is 1. The van der Waals surface area contributed by atoms with E-state index >= 15 is 0 Å². The summed E-state index contributed by atoms with van der Waals surface area (Å²) in [7, 11) is 0. The Morgan fingerprint density at radius 3 is 2.45 bits per heavy atom. The van der Waals surface area contributed by atoms with Gasteiger partial charge < -0.3 is 11.1 Å². The van der Waals surface area contributed by atoms with E-state index in [0.29, 0.717) is 16.3 Å². The number of hydrogen-bond acceptors (Lipinski definition) is 2. The van der Waals surface area contributed by atoms with E-state index < -0.39 is 11.4 Å². The van der Waals surface area contributed by atoms with Gasteiger partial charge in [-0.05, 0) is 48.9 Å². The zero-order valence-corrected chi connectivity index (χ0v) is 11.6. The molecule has 1 unspecified atom stereocenters. The Morgan fingerprint density at radius 2 is 1.90 bits per heavy atom. The van der Waals surface area contributed by atoms with Crippen LogP contribution >= 0.6 is 11.6 Å². The highest BCUT2D eigenvalue weighted by atomic mass is 35.5. The Kier molecular flexibility index (Phi) is 3.95. The van der Waals surface area contributed by atoms with E-state index in [2.05, 4.69) is 5.32 Å². The smallest absolute Gasteiger partial charge is 0.247 e. The average Bonchev–Trinajstić information content (AvgIpc) is 2.41. The second-order valence-electron chi connectivity index (χ2n) is 4.63. The van der Waals surface area contributed by atoms with Crippen LogP contribution in [0.2, 0.25) is 5.02 Å². The normalized spacial score (nSPS) is 13.6. The molecule has 2 aromatic rings. The van der Waals surface area contributed by atoms with Gasteiger partial charge in [-0.2, -0.15) is 0 Å². The summed E-state index contributed by atoms with van der Waals surface area (Å²) in [4.78, 5) is 11.8. The summed E-state index contributed by atoms with van der Waals surface area (Å²) in [5.74, 6) is -0.900. The van der Waals surface area contributed by atoms with E-state index in [1.54, 1.807) is 43.3 Å². The molecule has 0 radical (unpaired) electrons. The van der Waals surface area contributed by atoms with Crippen LogP contribution in [0, 0.1) is 5.82 Å². The van der Waals surface area contributed by atoms with Crippen LogP contribution in [-0.2, 0) is 10.3 Å². The number of halogens is 2. The van der Waals surface area contributed by atoms with Gasteiger partial charge in [-0.25, -0.2) is 4.39 Å². The van der Waals surface area contributed by atoms with Gasteiger partial charge in [-0.3, -0.25) is 4.79 Å². The van der Waals surface area contributed by atoms with E-state index in [1.165, 1.54) is 12.1 Å². The summed E-state index contributed by atoms with van der Waals surface area (Å²) in [6.07, 6.45) is 0. The van der Waals surface area contributed by atoms with Gasteiger partial charge in [0, 0.05) is 10.7 Å². The number of primary amides is 1. The number of rotatable bonds is 4. The first-order valence-electron chi connectivity index (χ1n) is 6.01. The van der Waals surface area contributed by atoms with Crippen molar-refractivity contribution in [3.05, 3.63) is 64.9 Å². The molecule has 0 heterocycles. The van der Waals surface area contributed by atoms with Crippen LogP contribution in [0.5, 0.6) is 0 Å². The second kappa shape index (κ2) is 5.51. The first kappa shape index (κ1) is 14.3. The molecule has 0 aromatic heterocycles. The number of anilines is 1. The van der Waals surface area contributed by atoms with Gasteiger partial charge in [0.25, 0.3) is 0 Å². The van der Waals surface area contributed by atoms with Gasteiger partial charge in [0.2, 0.25) is 5.91 Å². The van der Waals surface area contributed by atoms with Crippen LogP contribution in [0.25, 0.3) is 0 Å². The zero-order chi connectivity index (χ0) is 14.8. The van der Waals surface area contributed by atoms with E-state index in [9.17, 15) is 9.18 Å². The summed E-state index contributed by atoms with van der Waals surface area (Å²) in [6, 6.07) is 12.6. The lowest BCUT2D eigenvalue weighted by molar-refractivity contribution is -0.122. The van der Waals surface area contributed by atoms with Crippen LogP contribution < -0.4 is 11.1 Å². The maximum Gasteiger partial charge on any atom is 0.247 e. The summed E-state index contributed by atoms with van der Waals surface area (Å²) >= 11 is 5.95. The fraction of sp³-hybridized carbons (Fsp3) is 0.133. The molecule has 1 atom stereocenters. The van der Waals surface area contributed by atoms with Gasteiger partial charge in [0.1, 0.15) is 11.4 Å². The van der Waals surface area contributed by atoms with Crippen molar-refractivity contribution >= 4 is 23.2 Å². The maximum absolute atomic E-state index is 12.9. The molecule has 0 saturated carbocycles. The predicted octanol–water partition coefficient (Wildman–Crippen LogP) is 3.29. The van der Waals surface area contributed by atoms with Crippen molar-refractivity contribution in [3.8, 4) is 0 Å². The van der Waals surface area contributed by atoms with E-state index in [4.69, 9.17) is 17.3 Å². The number of nitrogens with one attached hydrogen (secondary N) is 1. The van der Waals surface area contributed by atoms with Crippen molar-refractivity contribution in [2.75, 3.05) is 5.32 Å². The number of hydrogen-bond donors (Lipinski definition) is 2. The third-order valence-corrected chi connectivity index (χ3v) is 3.37. The maximum atomic E-state index is 12.9. The third-order valence-electron chi connectivity index (χ3n) is 3.13. The van der Waals surface area contributed by atoms with Gasteiger partial charge >= 0.3 is 0 Å². The monoisotopic (exact) mass is 292 g/mol. The van der Waals surface area contributed by atoms with Gasteiger partial charge in [-0.15, -0.1) is 0 Å². The molecule has 20 heavy (non-hydrogen) atoms. The Bertz CT molecular complexity index is 630. The minimum Gasteiger partial charge on any atom is -0.368 e. The summed E-state index contributed by atoms with van der Waals surface area (Å²) < 4.78 is 12.9. The van der Waals surface area contributed by atoms with Crippen molar-refractivity contribution < 1.29 is 9.18 Å². The molecule has 5 heteroatoms. The lowest BCUT2D eigenvalue weighted by Gasteiger charge is -2.29. The van der Waals surface area contributed by atoms with Gasteiger partial charge in [0.05, 0.1) is 0 Å². The number of amides is 1. The topological polar surface area (TPSA) is 55.1 Å². The average molecular weight is 293 g/mol. The molecule has 2 rings (SSSR count). The molecule has 3 N–H and O–H groups in total. The van der Waals surface area contributed by atoms with E-state index in [1.807, 2.05) is 0 Å². The molecular formula is C15H14ClFN2O. The highest BCUT2D eigenvalue weighted by Gasteiger charge is 2.33. The molecule has 3 nitrogen and oxygen atoms in total. The molecule has 0 spiro atoms. The second-order valence-corrected chi connectivity index (χ2v) is 5.07. The summed E-state index contributed by atoms with van der Waals surface area (Å²) in [5.41, 5.74) is 5.61. The molecule has 104 valence electrons. The van der Waals surface area contributed by atoms with E-state index in [0.717, 1.165) is 0 Å². The largest absolute Gasteiger partial charge is 0.368 e. The Hall–Kier alpha value is -2.07. The molecule has 0 aliphatic carbocycles. The molecule has 1 amide bonds. The minimum atomic E-state index is -1.14. The fourth-order valence-electron chi connectivity index (χ4n) is 1.90. The number of carbonyl (C=O) groups is 1. The predicted molar refractivity (Wildman–Crippen MR) is 78.0 cm³/mol. The Balaban J connectivity index is 2.39. The first-order chi connectivity index (χ1) is 9.41. The number of nitrogens with two attached hydrogens (primary N) is 1. The minimum absolute atomic E-state index is 0.348. The van der Waals surface area contributed by atoms with Crippen LogP contribution in [-0.4, -0.2) is 5.91 Å². The zero-order valence-electron chi connectivity index (χ0n) is 10.9. The molecule has 0 fully saturated rings. The van der Waals surface area contributed by atoms with Gasteiger partial charge in [0.15, 0.2) is 0 Å². The van der Waals surface area contributed by atoms with Crippen LogP contribution in [0.3, 0.4) is 0 Å². The SMILES string of the molecule is CC(Nc1ccc(F)cc1)(C(N)=O)c1cccc(Cl)c1. The lowest BCUT2D eigenvalue weighted by Crippen LogP contribution is -2.45. The summed E-state index contributed by atoms with van der Waals surface area (Å²) in [6.45, 7) is 1.66. The molecule has 0 saturated heterocycles. The van der Waals surface area contributed by atoms with E-state index in [-0.39, 0.29) is 5.82 Å². The third kappa shape index (κ3) is 2.91. The molecule has 0 aliphatic rings. The Morgan fingerprint density at radius 1 is 1.25 bits per heavy atom. The van der Waals surface area contributed by atoms with Crippen molar-refractivity contribution in [2.45, 2.75) is 12.5 Å².